The molecule has 4 atom stereocenters. The molecule has 0 aromatic heterocycles. The molecule has 1 aliphatic heterocycles. The van der Waals surface area contributed by atoms with Crippen LogP contribution in [0.1, 0.15) is 33.1 Å². The average molecular weight is 312 g/mol. The highest BCUT2D eigenvalue weighted by atomic mass is 32.2. The van der Waals surface area contributed by atoms with E-state index in [-0.39, 0.29) is 17.5 Å². The van der Waals surface area contributed by atoms with Gasteiger partial charge in [0.15, 0.2) is 0 Å². The maximum atomic E-state index is 12.9. The van der Waals surface area contributed by atoms with Crippen molar-refractivity contribution in [2.24, 2.45) is 5.92 Å². The molecule has 2 bridgehead atoms. The lowest BCUT2D eigenvalue weighted by atomic mass is 9.71. The fourth-order valence-electron chi connectivity index (χ4n) is 3.09. The summed E-state index contributed by atoms with van der Waals surface area (Å²) in [5.41, 5.74) is -1.16. The Kier molecular flexibility index (Phi) is 4.03. The van der Waals surface area contributed by atoms with Crippen LogP contribution in [-0.2, 0) is 9.78 Å². The summed E-state index contributed by atoms with van der Waals surface area (Å²) in [4.78, 5) is 12.1. The molecule has 1 aromatic carbocycles. The highest BCUT2D eigenvalue weighted by molar-refractivity contribution is 7.99. The Morgan fingerprint density at radius 3 is 2.76 bits per heavy atom. The molecule has 1 heterocycles. The molecule has 21 heavy (non-hydrogen) atoms. The van der Waals surface area contributed by atoms with Crippen LogP contribution in [0, 0.1) is 11.7 Å². The van der Waals surface area contributed by atoms with Crippen LogP contribution >= 0.6 is 11.8 Å². The molecule has 3 nitrogen and oxygen atoms in total. The number of benzene rings is 1. The van der Waals surface area contributed by atoms with Gasteiger partial charge in [-0.25, -0.2) is 14.2 Å². The zero-order valence-electron chi connectivity index (χ0n) is 12.3. The number of halogens is 1. The lowest BCUT2D eigenvalue weighted by Crippen LogP contribution is -2.57. The second-order valence-electron chi connectivity index (χ2n) is 6.55. The third-order valence-electron chi connectivity index (χ3n) is 4.75. The highest BCUT2D eigenvalue weighted by Crippen LogP contribution is 2.46. The van der Waals surface area contributed by atoms with Gasteiger partial charge in [0.05, 0.1) is 5.60 Å². The molecular formula is C16H21FO3S. The van der Waals surface area contributed by atoms with Gasteiger partial charge >= 0.3 is 0 Å². The van der Waals surface area contributed by atoms with E-state index >= 15 is 0 Å². The van der Waals surface area contributed by atoms with Crippen LogP contribution in [0.4, 0.5) is 4.39 Å². The number of fused-ring (bicyclic) bond motifs is 2. The molecule has 3 rings (SSSR count). The molecule has 1 saturated heterocycles. The van der Waals surface area contributed by atoms with Gasteiger partial charge in [-0.15, -0.1) is 11.8 Å². The minimum Gasteiger partial charge on any atom is -0.387 e. The molecule has 0 unspecified atom stereocenters. The monoisotopic (exact) mass is 312 g/mol. The van der Waals surface area contributed by atoms with Crippen LogP contribution in [-0.4, -0.2) is 28.2 Å². The summed E-state index contributed by atoms with van der Waals surface area (Å²) < 4.78 is 12.9. The van der Waals surface area contributed by atoms with E-state index in [0.717, 1.165) is 29.9 Å². The van der Waals surface area contributed by atoms with Gasteiger partial charge in [0.25, 0.3) is 0 Å². The van der Waals surface area contributed by atoms with Gasteiger partial charge in [0.2, 0.25) is 0 Å². The van der Waals surface area contributed by atoms with Gasteiger partial charge in [-0.1, -0.05) is 0 Å². The second-order valence-corrected chi connectivity index (χ2v) is 7.60. The van der Waals surface area contributed by atoms with E-state index in [2.05, 4.69) is 6.92 Å². The normalized spacial score (nSPS) is 39.2. The molecule has 0 amide bonds. The van der Waals surface area contributed by atoms with Crippen LogP contribution in [0.2, 0.25) is 0 Å². The fraction of sp³-hybridized carbons (Fsp3) is 0.625. The first-order chi connectivity index (χ1) is 9.89. The summed E-state index contributed by atoms with van der Waals surface area (Å²) in [5, 5.41) is 10.2. The van der Waals surface area contributed by atoms with Crippen molar-refractivity contribution in [3.8, 4) is 0 Å². The molecule has 2 aliphatic rings. The molecule has 116 valence electrons. The Balaban J connectivity index is 1.64. The Morgan fingerprint density at radius 2 is 2.05 bits per heavy atom. The van der Waals surface area contributed by atoms with Gasteiger partial charge < -0.3 is 5.11 Å². The van der Waals surface area contributed by atoms with Crippen molar-refractivity contribution in [2.45, 2.75) is 55.3 Å². The molecule has 1 aliphatic carbocycles. The van der Waals surface area contributed by atoms with Crippen molar-refractivity contribution < 1.29 is 19.3 Å². The lowest BCUT2D eigenvalue weighted by molar-refractivity contribution is -0.441. The quantitative estimate of drug-likeness (QED) is 0.684. The van der Waals surface area contributed by atoms with Crippen molar-refractivity contribution in [1.82, 2.24) is 0 Å². The van der Waals surface area contributed by atoms with Crippen LogP contribution in [0.5, 0.6) is 0 Å². The SMILES string of the molecule is C[C@]1(CSc2ccc(F)cc2)OO[C@@H]2C[C@H]1CC[C@@]2(C)O. The van der Waals surface area contributed by atoms with Crippen molar-refractivity contribution in [1.29, 1.82) is 0 Å². The first-order valence-corrected chi connectivity index (χ1v) is 8.33. The zero-order chi connectivity index (χ0) is 15.1. The minimum atomic E-state index is -0.790. The minimum absolute atomic E-state index is 0.222. The Hall–Kier alpha value is -0.620. The van der Waals surface area contributed by atoms with Crippen LogP contribution in [0.3, 0.4) is 0 Å². The summed E-state index contributed by atoms with van der Waals surface area (Å²) >= 11 is 1.64. The molecular weight excluding hydrogens is 291 g/mol. The second kappa shape index (κ2) is 5.54. The first-order valence-electron chi connectivity index (χ1n) is 7.34. The largest absolute Gasteiger partial charge is 0.387 e. The summed E-state index contributed by atoms with van der Waals surface area (Å²) in [6.45, 7) is 3.87. The molecule has 1 saturated carbocycles. The third-order valence-corrected chi connectivity index (χ3v) is 6.07. The van der Waals surface area contributed by atoms with Crippen molar-refractivity contribution in [3.05, 3.63) is 30.1 Å². The van der Waals surface area contributed by atoms with Crippen molar-refractivity contribution in [2.75, 3.05) is 5.75 Å². The van der Waals surface area contributed by atoms with Crippen molar-refractivity contribution >= 4 is 11.8 Å². The van der Waals surface area contributed by atoms with Gasteiger partial charge in [-0.05, 0) is 63.3 Å². The molecule has 2 fully saturated rings. The lowest BCUT2D eigenvalue weighted by Gasteiger charge is -2.50. The molecule has 1 aromatic rings. The van der Waals surface area contributed by atoms with E-state index in [1.807, 2.05) is 6.92 Å². The van der Waals surface area contributed by atoms with E-state index < -0.39 is 5.60 Å². The van der Waals surface area contributed by atoms with E-state index in [1.165, 1.54) is 12.1 Å². The zero-order valence-corrected chi connectivity index (χ0v) is 13.2. The van der Waals surface area contributed by atoms with Crippen molar-refractivity contribution in [3.63, 3.8) is 0 Å². The number of hydrogen-bond acceptors (Lipinski definition) is 4. The van der Waals surface area contributed by atoms with Gasteiger partial charge in [-0.2, -0.15) is 0 Å². The molecule has 1 N–H and O–H groups in total. The predicted molar refractivity (Wildman–Crippen MR) is 79.5 cm³/mol. The molecule has 0 radical (unpaired) electrons. The summed E-state index contributed by atoms with van der Waals surface area (Å²) in [7, 11) is 0. The van der Waals surface area contributed by atoms with Gasteiger partial charge in [-0.3, -0.25) is 0 Å². The van der Waals surface area contributed by atoms with Crippen LogP contribution < -0.4 is 0 Å². The average Bonchev–Trinajstić information content (AvgIpc) is 2.45. The highest BCUT2D eigenvalue weighted by Gasteiger charge is 2.51. The van der Waals surface area contributed by atoms with E-state index in [9.17, 15) is 9.50 Å². The summed E-state index contributed by atoms with van der Waals surface area (Å²) in [6, 6.07) is 6.50. The number of thioether (sulfide) groups is 1. The maximum Gasteiger partial charge on any atom is 0.123 e. The van der Waals surface area contributed by atoms with E-state index in [0.29, 0.717) is 5.92 Å². The number of rotatable bonds is 3. The smallest absolute Gasteiger partial charge is 0.123 e. The van der Waals surface area contributed by atoms with Crippen LogP contribution in [0.25, 0.3) is 0 Å². The van der Waals surface area contributed by atoms with E-state index in [1.54, 1.807) is 23.9 Å². The summed E-state index contributed by atoms with van der Waals surface area (Å²) in [6.07, 6.45) is 2.27. The van der Waals surface area contributed by atoms with Gasteiger partial charge in [0.1, 0.15) is 17.5 Å². The Labute approximate surface area is 128 Å². The topological polar surface area (TPSA) is 38.7 Å². The maximum absolute atomic E-state index is 12.9. The standard InChI is InChI=1S/C16H21FO3S/c1-15(18)8-7-11-9-14(15)19-20-16(11,2)10-21-13-5-3-12(17)4-6-13/h3-6,11,14,18H,7-10H2,1-2H3/t11-,14-,15-,16-/m1/s1. The molecule has 5 heteroatoms. The predicted octanol–water partition coefficient (Wildman–Crippen LogP) is 3.56. The molecule has 0 spiro atoms. The van der Waals surface area contributed by atoms with E-state index in [4.69, 9.17) is 9.78 Å². The number of hydrogen-bond donors (Lipinski definition) is 1. The third kappa shape index (κ3) is 3.11. The number of aliphatic hydroxyl groups is 1. The fourth-order valence-corrected chi connectivity index (χ4v) is 4.16. The summed E-state index contributed by atoms with van der Waals surface area (Å²) in [5.74, 6) is 0.905. The Bertz CT molecular complexity index is 505. The Morgan fingerprint density at radius 1 is 1.33 bits per heavy atom. The van der Waals surface area contributed by atoms with Crippen LogP contribution in [0.15, 0.2) is 29.2 Å². The van der Waals surface area contributed by atoms with Gasteiger partial charge in [0, 0.05) is 10.6 Å². The first kappa shape index (κ1) is 15.3.